The number of hydrogen-bond acceptors (Lipinski definition) is 3. The normalized spacial score (nSPS) is 21.0. The van der Waals surface area contributed by atoms with Gasteiger partial charge >= 0.3 is 0 Å². The zero-order valence-electron chi connectivity index (χ0n) is 12.0. The van der Waals surface area contributed by atoms with Crippen molar-refractivity contribution in [3.63, 3.8) is 0 Å². The van der Waals surface area contributed by atoms with Crippen LogP contribution >= 0.6 is 0 Å². The van der Waals surface area contributed by atoms with Crippen LogP contribution in [0.1, 0.15) is 16.6 Å². The average Bonchev–Trinajstić information content (AvgIpc) is 2.73. The lowest BCUT2D eigenvalue weighted by Gasteiger charge is -2.09. The lowest BCUT2D eigenvalue weighted by molar-refractivity contribution is 0.174. The van der Waals surface area contributed by atoms with Gasteiger partial charge in [-0.05, 0) is 38.0 Å². The molecule has 2 rings (SSSR count). The van der Waals surface area contributed by atoms with Crippen LogP contribution in [-0.4, -0.2) is 19.8 Å². The summed E-state index contributed by atoms with van der Waals surface area (Å²) in [6, 6.07) is 5.08. The summed E-state index contributed by atoms with van der Waals surface area (Å²) in [6.45, 7) is -0.464. The second-order valence-electron chi connectivity index (χ2n) is 3.37. The zero-order chi connectivity index (χ0) is 13.3. The van der Waals surface area contributed by atoms with Gasteiger partial charge in [0.25, 0.3) is 0 Å². The van der Waals surface area contributed by atoms with Gasteiger partial charge in [-0.2, -0.15) is 0 Å². The van der Waals surface area contributed by atoms with E-state index < -0.39 is 13.0 Å². The molecule has 0 saturated carbocycles. The molecule has 0 fully saturated rings. The van der Waals surface area contributed by atoms with E-state index >= 15 is 0 Å². The van der Waals surface area contributed by atoms with Gasteiger partial charge in [-0.25, -0.2) is 0 Å². The monoisotopic (exact) mass is 197 g/mol. The minimum absolute atomic E-state index is 0.216. The van der Waals surface area contributed by atoms with Gasteiger partial charge in [0.1, 0.15) is 1.41 Å². The minimum atomic E-state index is -2.39. The molecule has 1 aromatic rings. The fourth-order valence-corrected chi connectivity index (χ4v) is 1.45. The highest BCUT2D eigenvalue weighted by Gasteiger charge is 2.13. The van der Waals surface area contributed by atoms with Crippen LogP contribution in [0.4, 0.5) is 0 Å². The third kappa shape index (κ3) is 1.82. The topological polar surface area (TPSA) is 30.5 Å². The Morgan fingerprint density at radius 2 is 2.43 bits per heavy atom. The Hall–Kier alpha value is -1.22. The molecule has 0 aliphatic carbocycles. The van der Waals surface area contributed by atoms with Crippen molar-refractivity contribution in [3.8, 4) is 11.5 Å². The molecular weight excluding hydrogens is 178 g/mol. The average molecular weight is 197 g/mol. The molecular formula is C11H15NO2. The fraction of sp³-hybridized carbons (Fsp3) is 0.455. The van der Waals surface area contributed by atoms with E-state index in [2.05, 4.69) is 0 Å². The molecule has 1 heterocycles. The number of fused-ring (bicyclic) bond motifs is 1. The molecule has 3 nitrogen and oxygen atoms in total. The molecule has 1 atom stereocenters. The predicted octanol–water partition coefficient (Wildman–Crippen LogP) is 1.57. The number of rotatable bonds is 3. The van der Waals surface area contributed by atoms with Crippen molar-refractivity contribution in [2.75, 3.05) is 13.8 Å². The van der Waals surface area contributed by atoms with Crippen molar-refractivity contribution >= 4 is 0 Å². The lowest BCUT2D eigenvalue weighted by Crippen LogP contribution is -2.23. The summed E-state index contributed by atoms with van der Waals surface area (Å²) in [5.41, 5.74) is 0.924. The van der Waals surface area contributed by atoms with Crippen LogP contribution in [0.2, 0.25) is 1.41 Å². The van der Waals surface area contributed by atoms with Gasteiger partial charge in [-0.15, -0.1) is 0 Å². The van der Waals surface area contributed by atoms with E-state index in [4.69, 9.17) is 15.0 Å². The predicted molar refractivity (Wildman–Crippen MR) is 54.8 cm³/mol. The van der Waals surface area contributed by atoms with Crippen LogP contribution in [0.3, 0.4) is 0 Å². The van der Waals surface area contributed by atoms with Crippen LogP contribution in [0.5, 0.6) is 11.5 Å². The molecule has 1 aromatic carbocycles. The van der Waals surface area contributed by atoms with Gasteiger partial charge in [0, 0.05) is 10.2 Å². The van der Waals surface area contributed by atoms with Crippen molar-refractivity contribution < 1.29 is 15.0 Å². The highest BCUT2D eigenvalue weighted by atomic mass is 16.7. The molecule has 76 valence electrons. The molecule has 0 spiro atoms. The van der Waals surface area contributed by atoms with Gasteiger partial charge < -0.3 is 14.8 Å². The number of benzene rings is 1. The van der Waals surface area contributed by atoms with Gasteiger partial charge in [-0.3, -0.25) is 0 Å². The van der Waals surface area contributed by atoms with Gasteiger partial charge in [0.15, 0.2) is 11.5 Å². The number of hydrogen-bond donors (Lipinski definition) is 1. The molecule has 0 aromatic heterocycles. The maximum Gasteiger partial charge on any atom is 0.231 e. The fourth-order valence-electron chi connectivity index (χ4n) is 1.45. The van der Waals surface area contributed by atoms with E-state index in [-0.39, 0.29) is 6.79 Å². The first-order valence-electron chi connectivity index (χ1n) is 6.49. The van der Waals surface area contributed by atoms with E-state index in [1.54, 1.807) is 13.0 Å². The SMILES string of the molecule is [2H]N(C(C)Cc1ccc2c(c1)OCO2)C([2H])([2H])[2H]. The van der Waals surface area contributed by atoms with Crippen molar-refractivity contribution in [1.82, 2.24) is 5.31 Å². The van der Waals surface area contributed by atoms with Crippen LogP contribution in [0.25, 0.3) is 0 Å². The summed E-state index contributed by atoms with van der Waals surface area (Å²) >= 11 is 0. The largest absolute Gasteiger partial charge is 0.454 e. The maximum absolute atomic E-state index is 7.55. The number of nitrogens with one attached hydrogen (secondary N) is 1. The molecule has 1 aliphatic rings. The third-order valence-electron chi connectivity index (χ3n) is 2.19. The number of ether oxygens (including phenoxy) is 2. The molecule has 3 heteroatoms. The van der Waals surface area contributed by atoms with Crippen molar-refractivity contribution in [1.29, 1.82) is 0 Å². The molecule has 0 amide bonds. The molecule has 0 radical (unpaired) electrons. The van der Waals surface area contributed by atoms with Crippen molar-refractivity contribution in [2.45, 2.75) is 19.4 Å². The highest BCUT2D eigenvalue weighted by Crippen LogP contribution is 2.32. The maximum atomic E-state index is 7.55. The van der Waals surface area contributed by atoms with E-state index in [0.717, 1.165) is 5.56 Å². The smallest absolute Gasteiger partial charge is 0.231 e. The second-order valence-corrected chi connectivity index (χ2v) is 3.37. The van der Waals surface area contributed by atoms with Gasteiger partial charge in [-0.1, -0.05) is 6.07 Å². The zero-order valence-corrected chi connectivity index (χ0v) is 7.99. The summed E-state index contributed by atoms with van der Waals surface area (Å²) in [4.78, 5) is 0. The Morgan fingerprint density at radius 3 is 3.29 bits per heavy atom. The third-order valence-corrected chi connectivity index (χ3v) is 2.19. The molecule has 1 unspecified atom stereocenters. The quantitative estimate of drug-likeness (QED) is 0.797. The first-order valence-corrected chi connectivity index (χ1v) is 4.54. The van der Waals surface area contributed by atoms with Gasteiger partial charge in [0.05, 0.1) is 0 Å². The van der Waals surface area contributed by atoms with Gasteiger partial charge in [0.2, 0.25) is 6.79 Å². The second kappa shape index (κ2) is 3.88. The minimum Gasteiger partial charge on any atom is -0.454 e. The summed E-state index contributed by atoms with van der Waals surface area (Å²) in [5, 5.41) is 0.650. The van der Waals surface area contributed by atoms with Crippen LogP contribution in [0.15, 0.2) is 18.2 Å². The van der Waals surface area contributed by atoms with E-state index in [0.29, 0.717) is 23.2 Å². The van der Waals surface area contributed by atoms with Crippen LogP contribution in [0, 0.1) is 0 Å². The molecule has 1 aliphatic heterocycles. The van der Waals surface area contributed by atoms with E-state index in [1.807, 2.05) is 12.1 Å². The lowest BCUT2D eigenvalue weighted by atomic mass is 10.1. The summed E-state index contributed by atoms with van der Waals surface area (Å²) in [7, 11) is 0. The van der Waals surface area contributed by atoms with Crippen molar-refractivity contribution in [3.05, 3.63) is 23.8 Å². The first kappa shape index (κ1) is 5.61. The molecule has 0 saturated heterocycles. The Balaban J connectivity index is 2.05. The van der Waals surface area contributed by atoms with Crippen LogP contribution < -0.4 is 14.8 Å². The number of likely N-dealkylation sites (N-methyl/N-ethyl adjacent to an activating group) is 1. The Kier molecular flexibility index (Phi) is 1.56. The summed E-state index contributed by atoms with van der Waals surface area (Å²) < 4.78 is 39.6. The summed E-state index contributed by atoms with van der Waals surface area (Å²) in [5.74, 6) is 1.37. The Bertz CT molecular complexity index is 436. The van der Waals surface area contributed by atoms with Crippen molar-refractivity contribution in [2.24, 2.45) is 0 Å². The molecule has 14 heavy (non-hydrogen) atoms. The summed E-state index contributed by atoms with van der Waals surface area (Å²) in [6.07, 6.45) is 0.471. The Labute approximate surface area is 89.7 Å². The standard InChI is InChI=1S/C11H15NO2/c1-8(12-2)5-9-3-4-10-11(6-9)14-7-13-10/h3-4,6,8,12H,5,7H2,1-2H3/i2D3/hD. The molecule has 1 N–H and O–H groups in total. The molecule has 0 bridgehead atoms. The van der Waals surface area contributed by atoms with Crippen LogP contribution in [-0.2, 0) is 6.42 Å². The Morgan fingerprint density at radius 1 is 1.57 bits per heavy atom. The van der Waals surface area contributed by atoms with E-state index in [9.17, 15) is 0 Å². The highest BCUT2D eigenvalue weighted by molar-refractivity contribution is 5.44. The first-order chi connectivity index (χ1) is 8.38. The van der Waals surface area contributed by atoms with E-state index in [1.165, 1.54) is 0 Å².